The first kappa shape index (κ1) is 19.9. The third-order valence-electron chi connectivity index (χ3n) is 4.11. The summed E-state index contributed by atoms with van der Waals surface area (Å²) < 4.78 is 18.2. The third kappa shape index (κ3) is 5.35. The van der Waals surface area contributed by atoms with Crippen LogP contribution >= 0.6 is 0 Å². The molecule has 0 saturated carbocycles. The minimum atomic E-state index is -0.418. The van der Waals surface area contributed by atoms with E-state index in [1.54, 1.807) is 42.5 Å². The number of methoxy groups -OCH3 is 1. The minimum absolute atomic E-state index is 0.292. The number of benzene rings is 2. The molecule has 2 N–H and O–H groups in total. The maximum atomic E-state index is 13.6. The number of nitrogens with one attached hydrogen (secondary N) is 2. The van der Waals surface area contributed by atoms with Crippen LogP contribution in [-0.4, -0.2) is 35.5 Å². The summed E-state index contributed by atoms with van der Waals surface area (Å²) >= 11 is 0. The standard InChI is InChI=1S/C21H19FN4O3/c1-29-20(28)15-6-8-17(9-7-15)26-21-24-12-16(13-25-21)19(27)23-11-10-14-4-2-3-5-18(14)22/h2-9,12-13H,10-11H2,1H3,(H,23,27)(H,24,25,26). The van der Waals surface area contributed by atoms with Crippen LogP contribution < -0.4 is 10.6 Å². The molecule has 0 aliphatic carbocycles. The number of anilines is 2. The normalized spacial score (nSPS) is 10.3. The maximum Gasteiger partial charge on any atom is 0.337 e. The van der Waals surface area contributed by atoms with Crippen LogP contribution in [0.1, 0.15) is 26.3 Å². The first-order chi connectivity index (χ1) is 14.1. The Balaban J connectivity index is 1.53. The number of ether oxygens (including phenoxy) is 1. The van der Waals surface area contributed by atoms with E-state index in [1.165, 1.54) is 25.6 Å². The van der Waals surface area contributed by atoms with Crippen LogP contribution in [-0.2, 0) is 11.2 Å². The summed E-state index contributed by atoms with van der Waals surface area (Å²) in [5, 5.41) is 5.69. The van der Waals surface area contributed by atoms with Crippen molar-refractivity contribution >= 4 is 23.5 Å². The van der Waals surface area contributed by atoms with E-state index >= 15 is 0 Å². The minimum Gasteiger partial charge on any atom is -0.465 e. The number of halogens is 1. The average molecular weight is 394 g/mol. The quantitative estimate of drug-likeness (QED) is 0.598. The van der Waals surface area contributed by atoms with Crippen molar-refractivity contribution in [1.29, 1.82) is 0 Å². The number of aromatic nitrogens is 2. The van der Waals surface area contributed by atoms with Crippen LogP contribution in [0.5, 0.6) is 0 Å². The molecule has 0 atom stereocenters. The summed E-state index contributed by atoms with van der Waals surface area (Å²) in [6.45, 7) is 0.298. The number of amides is 1. The molecular formula is C21H19FN4O3. The average Bonchev–Trinajstić information content (AvgIpc) is 2.75. The van der Waals surface area contributed by atoms with Gasteiger partial charge in [-0.15, -0.1) is 0 Å². The van der Waals surface area contributed by atoms with Crippen LogP contribution in [0.3, 0.4) is 0 Å². The zero-order valence-electron chi connectivity index (χ0n) is 15.7. The Morgan fingerprint density at radius 3 is 2.34 bits per heavy atom. The summed E-state index contributed by atoms with van der Waals surface area (Å²) in [5.41, 5.74) is 1.95. The molecule has 7 nitrogen and oxygen atoms in total. The molecule has 2 aromatic carbocycles. The number of esters is 1. The number of rotatable bonds is 7. The van der Waals surface area contributed by atoms with E-state index in [4.69, 9.17) is 0 Å². The van der Waals surface area contributed by atoms with E-state index in [2.05, 4.69) is 25.3 Å². The van der Waals surface area contributed by atoms with Gasteiger partial charge in [0, 0.05) is 24.6 Å². The fourth-order valence-corrected chi connectivity index (χ4v) is 2.56. The molecule has 1 heterocycles. The van der Waals surface area contributed by atoms with Crippen molar-refractivity contribution in [3.05, 3.63) is 83.4 Å². The number of nitrogens with zero attached hydrogens (tertiary/aromatic N) is 2. The lowest BCUT2D eigenvalue weighted by atomic mass is 10.1. The van der Waals surface area contributed by atoms with E-state index in [9.17, 15) is 14.0 Å². The van der Waals surface area contributed by atoms with Crippen molar-refractivity contribution in [2.75, 3.05) is 19.0 Å². The van der Waals surface area contributed by atoms with Gasteiger partial charge >= 0.3 is 5.97 Å². The Bertz CT molecular complexity index is 992. The topological polar surface area (TPSA) is 93.2 Å². The molecular weight excluding hydrogens is 375 g/mol. The highest BCUT2D eigenvalue weighted by molar-refractivity contribution is 5.93. The lowest BCUT2D eigenvalue weighted by Crippen LogP contribution is -2.26. The van der Waals surface area contributed by atoms with Crippen LogP contribution in [0, 0.1) is 5.82 Å². The largest absolute Gasteiger partial charge is 0.465 e. The third-order valence-corrected chi connectivity index (χ3v) is 4.11. The molecule has 1 amide bonds. The highest BCUT2D eigenvalue weighted by atomic mass is 19.1. The van der Waals surface area contributed by atoms with Gasteiger partial charge in [-0.3, -0.25) is 4.79 Å². The van der Waals surface area contributed by atoms with E-state index in [0.29, 0.717) is 41.3 Å². The Labute approximate surface area is 167 Å². The summed E-state index contributed by atoms with van der Waals surface area (Å²) in [7, 11) is 1.32. The molecule has 1 aromatic heterocycles. The number of hydrogen-bond acceptors (Lipinski definition) is 6. The van der Waals surface area contributed by atoms with Gasteiger partial charge in [-0.25, -0.2) is 19.2 Å². The van der Waals surface area contributed by atoms with Gasteiger partial charge in [0.05, 0.1) is 18.2 Å². The molecule has 8 heteroatoms. The lowest BCUT2D eigenvalue weighted by Gasteiger charge is -2.08. The predicted molar refractivity (Wildman–Crippen MR) is 106 cm³/mol. The van der Waals surface area contributed by atoms with Crippen molar-refractivity contribution in [2.45, 2.75) is 6.42 Å². The van der Waals surface area contributed by atoms with Crippen molar-refractivity contribution in [2.24, 2.45) is 0 Å². The van der Waals surface area contributed by atoms with E-state index in [-0.39, 0.29) is 11.7 Å². The second kappa shape index (κ2) is 9.41. The fourth-order valence-electron chi connectivity index (χ4n) is 2.56. The van der Waals surface area contributed by atoms with E-state index in [0.717, 1.165) is 0 Å². The Kier molecular flexibility index (Phi) is 6.47. The second-order valence-corrected chi connectivity index (χ2v) is 6.09. The van der Waals surface area contributed by atoms with Crippen molar-refractivity contribution in [1.82, 2.24) is 15.3 Å². The molecule has 0 spiro atoms. The zero-order valence-corrected chi connectivity index (χ0v) is 15.7. The number of carbonyl (C=O) groups excluding carboxylic acids is 2. The molecule has 0 saturated heterocycles. The van der Waals surface area contributed by atoms with E-state index in [1.807, 2.05) is 0 Å². The predicted octanol–water partition coefficient (Wildman–Crippen LogP) is 3.12. The van der Waals surface area contributed by atoms with Crippen LogP contribution in [0.4, 0.5) is 16.0 Å². The van der Waals surface area contributed by atoms with Gasteiger partial charge in [-0.1, -0.05) is 18.2 Å². The molecule has 0 aliphatic rings. The first-order valence-corrected chi connectivity index (χ1v) is 8.86. The van der Waals surface area contributed by atoms with Crippen LogP contribution in [0.25, 0.3) is 0 Å². The SMILES string of the molecule is COC(=O)c1ccc(Nc2ncc(C(=O)NCCc3ccccc3F)cn2)cc1. The molecule has 148 valence electrons. The highest BCUT2D eigenvalue weighted by Gasteiger charge is 2.09. The summed E-state index contributed by atoms with van der Waals surface area (Å²) in [4.78, 5) is 31.8. The lowest BCUT2D eigenvalue weighted by molar-refractivity contribution is 0.0600. The number of carbonyl (C=O) groups is 2. The summed E-state index contributed by atoms with van der Waals surface area (Å²) in [6, 6.07) is 13.1. The second-order valence-electron chi connectivity index (χ2n) is 6.09. The maximum absolute atomic E-state index is 13.6. The van der Waals surface area contributed by atoms with Gasteiger partial charge in [0.1, 0.15) is 5.82 Å². The summed E-state index contributed by atoms with van der Waals surface area (Å²) in [5.74, 6) is -0.743. The van der Waals surface area contributed by atoms with Gasteiger partial charge in [0.15, 0.2) is 0 Å². The van der Waals surface area contributed by atoms with E-state index < -0.39 is 5.97 Å². The molecule has 0 unspecified atom stereocenters. The fraction of sp³-hybridized carbons (Fsp3) is 0.143. The van der Waals surface area contributed by atoms with Crippen molar-refractivity contribution in [3.8, 4) is 0 Å². The smallest absolute Gasteiger partial charge is 0.337 e. The van der Waals surface area contributed by atoms with Gasteiger partial charge < -0.3 is 15.4 Å². The van der Waals surface area contributed by atoms with Crippen molar-refractivity contribution < 1.29 is 18.7 Å². The molecule has 0 radical (unpaired) electrons. The molecule has 0 aliphatic heterocycles. The Morgan fingerprint density at radius 1 is 1.00 bits per heavy atom. The molecule has 3 aromatic rings. The van der Waals surface area contributed by atoms with Gasteiger partial charge in [0.2, 0.25) is 5.95 Å². The van der Waals surface area contributed by atoms with Gasteiger partial charge in [-0.05, 0) is 42.3 Å². The molecule has 0 bridgehead atoms. The number of hydrogen-bond donors (Lipinski definition) is 2. The van der Waals surface area contributed by atoms with Gasteiger partial charge in [0.25, 0.3) is 5.91 Å². The monoisotopic (exact) mass is 394 g/mol. The first-order valence-electron chi connectivity index (χ1n) is 8.86. The Hall–Kier alpha value is -3.81. The molecule has 29 heavy (non-hydrogen) atoms. The molecule has 3 rings (SSSR count). The summed E-state index contributed by atoms with van der Waals surface area (Å²) in [6.07, 6.45) is 3.19. The van der Waals surface area contributed by atoms with Gasteiger partial charge in [-0.2, -0.15) is 0 Å². The molecule has 0 fully saturated rings. The highest BCUT2D eigenvalue weighted by Crippen LogP contribution is 2.14. The Morgan fingerprint density at radius 2 is 1.69 bits per heavy atom. The van der Waals surface area contributed by atoms with Crippen molar-refractivity contribution in [3.63, 3.8) is 0 Å². The van der Waals surface area contributed by atoms with Crippen LogP contribution in [0.15, 0.2) is 60.9 Å². The zero-order chi connectivity index (χ0) is 20.6. The van der Waals surface area contributed by atoms with Crippen LogP contribution in [0.2, 0.25) is 0 Å².